The van der Waals surface area contributed by atoms with E-state index >= 15 is 0 Å². The highest BCUT2D eigenvalue weighted by Gasteiger charge is 2.13. The number of benzene rings is 3. The maximum atomic E-state index is 12.6. The molecule has 0 saturated heterocycles. The quantitative estimate of drug-likeness (QED) is 0.592. The second-order valence-electron chi connectivity index (χ2n) is 6.85. The van der Waals surface area contributed by atoms with Gasteiger partial charge in [-0.1, -0.05) is 35.4 Å². The van der Waals surface area contributed by atoms with Crippen molar-refractivity contribution in [2.75, 3.05) is 10.6 Å². The summed E-state index contributed by atoms with van der Waals surface area (Å²) in [6, 6.07) is 17.9. The first-order valence-corrected chi connectivity index (χ1v) is 9.27. The molecule has 0 unspecified atom stereocenters. The summed E-state index contributed by atoms with van der Waals surface area (Å²) in [6.07, 6.45) is 0. The molecule has 142 valence electrons. The summed E-state index contributed by atoms with van der Waals surface area (Å²) >= 11 is 6.22. The Hall–Kier alpha value is -3.11. The number of nitrogens with one attached hydrogen (secondary N) is 2. The fourth-order valence-electron chi connectivity index (χ4n) is 2.99. The molecule has 0 aliphatic carbocycles. The van der Waals surface area contributed by atoms with Gasteiger partial charge in [0.25, 0.3) is 11.8 Å². The van der Waals surface area contributed by atoms with Crippen LogP contribution in [0.15, 0.2) is 60.7 Å². The maximum Gasteiger partial charge on any atom is 0.255 e. The topological polar surface area (TPSA) is 58.2 Å². The minimum Gasteiger partial charge on any atom is -0.322 e. The van der Waals surface area contributed by atoms with Crippen LogP contribution in [-0.2, 0) is 0 Å². The van der Waals surface area contributed by atoms with E-state index in [9.17, 15) is 9.59 Å². The van der Waals surface area contributed by atoms with E-state index in [4.69, 9.17) is 11.6 Å². The highest BCUT2D eigenvalue weighted by Crippen LogP contribution is 2.25. The first-order valence-electron chi connectivity index (χ1n) is 8.89. The van der Waals surface area contributed by atoms with Crippen LogP contribution in [-0.4, -0.2) is 11.8 Å². The normalized spacial score (nSPS) is 10.4. The van der Waals surface area contributed by atoms with Gasteiger partial charge in [0, 0.05) is 16.8 Å². The lowest BCUT2D eigenvalue weighted by molar-refractivity contribution is 0.101. The van der Waals surface area contributed by atoms with E-state index in [0.717, 1.165) is 22.4 Å². The third-order valence-corrected chi connectivity index (χ3v) is 4.57. The summed E-state index contributed by atoms with van der Waals surface area (Å²) in [4.78, 5) is 25.1. The zero-order chi connectivity index (χ0) is 20.3. The minimum atomic E-state index is -0.280. The van der Waals surface area contributed by atoms with E-state index in [-0.39, 0.29) is 11.8 Å². The van der Waals surface area contributed by atoms with E-state index < -0.39 is 0 Å². The monoisotopic (exact) mass is 392 g/mol. The zero-order valence-electron chi connectivity index (χ0n) is 16.0. The van der Waals surface area contributed by atoms with Crippen molar-refractivity contribution < 1.29 is 9.59 Å². The number of halogens is 1. The van der Waals surface area contributed by atoms with Gasteiger partial charge in [-0.05, 0) is 74.4 Å². The van der Waals surface area contributed by atoms with Crippen LogP contribution in [0, 0.1) is 20.8 Å². The summed E-state index contributed by atoms with van der Waals surface area (Å²) < 4.78 is 0. The molecule has 0 radical (unpaired) electrons. The van der Waals surface area contributed by atoms with E-state index in [1.54, 1.807) is 30.3 Å². The molecule has 2 amide bonds. The van der Waals surface area contributed by atoms with Gasteiger partial charge < -0.3 is 10.6 Å². The van der Waals surface area contributed by atoms with Gasteiger partial charge in [-0.25, -0.2) is 0 Å². The van der Waals surface area contributed by atoms with Crippen LogP contribution in [0.2, 0.25) is 5.02 Å². The van der Waals surface area contributed by atoms with Gasteiger partial charge in [-0.15, -0.1) is 0 Å². The molecule has 0 aromatic heterocycles. The molecule has 0 fully saturated rings. The number of carbonyl (C=O) groups excluding carboxylic acids is 2. The van der Waals surface area contributed by atoms with Crippen LogP contribution < -0.4 is 10.6 Å². The van der Waals surface area contributed by atoms with Gasteiger partial charge in [0.1, 0.15) is 0 Å². The SMILES string of the molecule is Cc1cc(C)cc(NC(=O)c2ccc(Cl)c(NC(=O)c3cccc(C)c3)c2)c1. The maximum absolute atomic E-state index is 12.6. The number of anilines is 2. The molecule has 28 heavy (non-hydrogen) atoms. The Morgan fingerprint density at radius 1 is 0.714 bits per heavy atom. The van der Waals surface area contributed by atoms with Crippen molar-refractivity contribution in [2.45, 2.75) is 20.8 Å². The number of carbonyl (C=O) groups is 2. The van der Waals surface area contributed by atoms with E-state index in [1.165, 1.54) is 0 Å². The Morgan fingerprint density at radius 2 is 1.36 bits per heavy atom. The number of rotatable bonds is 4. The van der Waals surface area contributed by atoms with Crippen molar-refractivity contribution in [3.63, 3.8) is 0 Å². The molecule has 0 aliphatic rings. The second kappa shape index (κ2) is 8.28. The number of hydrogen-bond acceptors (Lipinski definition) is 2. The number of aryl methyl sites for hydroxylation is 3. The van der Waals surface area contributed by atoms with Gasteiger partial charge in [0.05, 0.1) is 10.7 Å². The fraction of sp³-hybridized carbons (Fsp3) is 0.130. The lowest BCUT2D eigenvalue weighted by atomic mass is 10.1. The van der Waals surface area contributed by atoms with E-state index in [0.29, 0.717) is 21.8 Å². The van der Waals surface area contributed by atoms with Crippen LogP contribution in [0.4, 0.5) is 11.4 Å². The first-order chi connectivity index (χ1) is 13.3. The molecule has 3 aromatic rings. The second-order valence-corrected chi connectivity index (χ2v) is 7.26. The van der Waals surface area contributed by atoms with Gasteiger partial charge >= 0.3 is 0 Å². The van der Waals surface area contributed by atoms with Gasteiger partial charge in [0.15, 0.2) is 0 Å². The van der Waals surface area contributed by atoms with Crippen molar-refractivity contribution in [1.29, 1.82) is 0 Å². The third-order valence-electron chi connectivity index (χ3n) is 4.24. The molecule has 2 N–H and O–H groups in total. The molecule has 0 spiro atoms. The molecule has 3 aromatic carbocycles. The molecule has 0 aliphatic heterocycles. The standard InChI is InChI=1S/C23H21ClN2O2/c1-14-5-4-6-17(10-14)23(28)26-21-13-18(7-8-20(21)24)22(27)25-19-11-15(2)9-16(3)12-19/h4-13H,1-3H3,(H,25,27)(H,26,28). The minimum absolute atomic E-state index is 0.271. The molecule has 0 bridgehead atoms. The Kier molecular flexibility index (Phi) is 5.81. The summed E-state index contributed by atoms with van der Waals surface area (Å²) in [5, 5.41) is 6.03. The first kappa shape index (κ1) is 19.6. The van der Waals surface area contributed by atoms with Gasteiger partial charge in [-0.2, -0.15) is 0 Å². The van der Waals surface area contributed by atoms with Gasteiger partial charge in [-0.3, -0.25) is 9.59 Å². The summed E-state index contributed by atoms with van der Waals surface area (Å²) in [5.41, 5.74) is 5.17. The van der Waals surface area contributed by atoms with Crippen molar-refractivity contribution in [2.24, 2.45) is 0 Å². The van der Waals surface area contributed by atoms with E-state index in [1.807, 2.05) is 51.1 Å². The van der Waals surface area contributed by atoms with Crippen molar-refractivity contribution in [1.82, 2.24) is 0 Å². The van der Waals surface area contributed by atoms with Crippen molar-refractivity contribution >= 4 is 34.8 Å². The number of amides is 2. The molecule has 3 rings (SSSR count). The van der Waals surface area contributed by atoms with Crippen LogP contribution >= 0.6 is 11.6 Å². The summed E-state index contributed by atoms with van der Waals surface area (Å²) in [6.45, 7) is 5.87. The highest BCUT2D eigenvalue weighted by atomic mass is 35.5. The molecule has 0 heterocycles. The van der Waals surface area contributed by atoms with E-state index in [2.05, 4.69) is 10.6 Å². The zero-order valence-corrected chi connectivity index (χ0v) is 16.7. The Balaban J connectivity index is 1.80. The third kappa shape index (κ3) is 4.78. The van der Waals surface area contributed by atoms with Crippen molar-refractivity contribution in [3.8, 4) is 0 Å². The average Bonchev–Trinajstić information content (AvgIpc) is 2.62. The lowest BCUT2D eigenvalue weighted by Crippen LogP contribution is -2.15. The fourth-order valence-corrected chi connectivity index (χ4v) is 3.16. The summed E-state index contributed by atoms with van der Waals surface area (Å²) in [7, 11) is 0. The lowest BCUT2D eigenvalue weighted by Gasteiger charge is -2.11. The predicted octanol–water partition coefficient (Wildman–Crippen LogP) is 5.77. The largest absolute Gasteiger partial charge is 0.322 e. The molecular formula is C23H21ClN2O2. The van der Waals surface area contributed by atoms with Crippen LogP contribution in [0.25, 0.3) is 0 Å². The van der Waals surface area contributed by atoms with Crippen LogP contribution in [0.1, 0.15) is 37.4 Å². The van der Waals surface area contributed by atoms with Crippen molar-refractivity contribution in [3.05, 3.63) is 93.5 Å². The highest BCUT2D eigenvalue weighted by molar-refractivity contribution is 6.34. The van der Waals surface area contributed by atoms with Crippen LogP contribution in [0.3, 0.4) is 0 Å². The molecule has 5 heteroatoms. The Morgan fingerprint density at radius 3 is 2.04 bits per heavy atom. The molecule has 0 atom stereocenters. The predicted molar refractivity (Wildman–Crippen MR) is 114 cm³/mol. The van der Waals surface area contributed by atoms with Gasteiger partial charge in [0.2, 0.25) is 0 Å². The molecule has 0 saturated carbocycles. The number of hydrogen-bond donors (Lipinski definition) is 2. The average molecular weight is 393 g/mol. The summed E-state index contributed by atoms with van der Waals surface area (Å²) in [5.74, 6) is -0.551. The Bertz CT molecular complexity index is 1040. The molecular weight excluding hydrogens is 372 g/mol. The smallest absolute Gasteiger partial charge is 0.255 e. The molecule has 4 nitrogen and oxygen atoms in total. The Labute approximate surface area is 169 Å². The van der Waals surface area contributed by atoms with Crippen LogP contribution in [0.5, 0.6) is 0 Å².